The van der Waals surface area contributed by atoms with E-state index in [1.165, 1.54) is 6.07 Å². The minimum Gasteiger partial charge on any atom is -0.349 e. The van der Waals surface area contributed by atoms with Gasteiger partial charge in [0, 0.05) is 24.8 Å². The molecule has 0 spiro atoms. The van der Waals surface area contributed by atoms with Crippen molar-refractivity contribution in [1.82, 2.24) is 24.6 Å². The van der Waals surface area contributed by atoms with Crippen LogP contribution in [0.1, 0.15) is 22.0 Å². The van der Waals surface area contributed by atoms with E-state index in [-0.39, 0.29) is 5.69 Å². The fraction of sp³-hybridized carbons (Fsp3) is 0.182. The monoisotopic (exact) mass is 387 g/mol. The van der Waals surface area contributed by atoms with E-state index in [2.05, 4.69) is 15.4 Å². The van der Waals surface area contributed by atoms with Crippen LogP contribution in [0.15, 0.2) is 65.5 Å². The van der Waals surface area contributed by atoms with Gasteiger partial charge in [-0.2, -0.15) is 5.10 Å². The molecule has 2 aromatic carbocycles. The van der Waals surface area contributed by atoms with Gasteiger partial charge in [0.25, 0.3) is 5.91 Å². The molecule has 0 atom stereocenters. The minimum atomic E-state index is -0.484. The summed E-state index contributed by atoms with van der Waals surface area (Å²) in [6.45, 7) is 4.63. The van der Waals surface area contributed by atoms with Crippen molar-refractivity contribution in [3.63, 3.8) is 0 Å². The van der Waals surface area contributed by atoms with E-state index in [0.29, 0.717) is 18.8 Å². The first-order chi connectivity index (χ1) is 14.0. The van der Waals surface area contributed by atoms with Crippen LogP contribution in [0.2, 0.25) is 0 Å². The van der Waals surface area contributed by atoms with Crippen LogP contribution in [0, 0.1) is 13.8 Å². The summed E-state index contributed by atoms with van der Waals surface area (Å²) in [5.41, 5.74) is 2.88. The molecule has 0 aliphatic carbocycles. The van der Waals surface area contributed by atoms with E-state index in [9.17, 15) is 9.59 Å². The highest BCUT2D eigenvalue weighted by molar-refractivity contribution is 5.92. The van der Waals surface area contributed by atoms with Gasteiger partial charge in [0.15, 0.2) is 5.69 Å². The average molecular weight is 387 g/mol. The van der Waals surface area contributed by atoms with Gasteiger partial charge in [0.1, 0.15) is 5.82 Å². The Morgan fingerprint density at radius 1 is 1.03 bits per heavy atom. The summed E-state index contributed by atoms with van der Waals surface area (Å²) in [6.07, 6.45) is 0. The summed E-state index contributed by atoms with van der Waals surface area (Å²) >= 11 is 0. The molecule has 4 aromatic rings. The molecule has 0 saturated heterocycles. The topological polar surface area (TPSA) is 81.8 Å². The van der Waals surface area contributed by atoms with Gasteiger partial charge >= 0.3 is 0 Å². The number of para-hydroxylation sites is 3. The molecule has 0 unspecified atom stereocenters. The van der Waals surface area contributed by atoms with E-state index in [0.717, 1.165) is 22.5 Å². The van der Waals surface area contributed by atoms with Crippen LogP contribution in [0.5, 0.6) is 0 Å². The van der Waals surface area contributed by atoms with Gasteiger partial charge in [-0.1, -0.05) is 30.3 Å². The van der Waals surface area contributed by atoms with Crippen LogP contribution >= 0.6 is 0 Å². The van der Waals surface area contributed by atoms with E-state index in [1.807, 2.05) is 66.1 Å². The Morgan fingerprint density at radius 3 is 2.55 bits per heavy atom. The maximum Gasteiger partial charge on any atom is 0.275 e. The van der Waals surface area contributed by atoms with E-state index in [1.54, 1.807) is 11.6 Å². The summed E-state index contributed by atoms with van der Waals surface area (Å²) in [5, 5.41) is 7.10. The maximum atomic E-state index is 12.6. The Morgan fingerprint density at radius 2 is 1.76 bits per heavy atom. The summed E-state index contributed by atoms with van der Waals surface area (Å²) in [6, 6.07) is 18.7. The van der Waals surface area contributed by atoms with Gasteiger partial charge in [-0.3, -0.25) is 9.59 Å². The normalized spacial score (nSPS) is 11.0. The Balaban J connectivity index is 1.53. The van der Waals surface area contributed by atoms with Crippen LogP contribution in [0.3, 0.4) is 0 Å². The third-order valence-corrected chi connectivity index (χ3v) is 4.79. The fourth-order valence-corrected chi connectivity index (χ4v) is 3.38. The number of aryl methyl sites for hydroxylation is 2. The second kappa shape index (κ2) is 7.71. The van der Waals surface area contributed by atoms with Crippen molar-refractivity contribution in [3.8, 4) is 5.69 Å². The molecule has 4 rings (SSSR count). The Bertz CT molecular complexity index is 1240. The van der Waals surface area contributed by atoms with Crippen molar-refractivity contribution in [2.24, 2.45) is 0 Å². The van der Waals surface area contributed by atoms with Crippen molar-refractivity contribution >= 4 is 16.9 Å². The molecule has 0 aliphatic heterocycles. The van der Waals surface area contributed by atoms with Crippen molar-refractivity contribution in [3.05, 3.63) is 88.1 Å². The van der Waals surface area contributed by atoms with Crippen molar-refractivity contribution in [2.75, 3.05) is 6.54 Å². The summed E-state index contributed by atoms with van der Waals surface area (Å²) in [7, 11) is 0. The number of nitrogens with one attached hydrogen (secondary N) is 1. The third kappa shape index (κ3) is 3.67. The number of carbonyl (C=O) groups excluding carboxylic acids is 1. The van der Waals surface area contributed by atoms with Crippen LogP contribution in [-0.2, 0) is 6.54 Å². The lowest BCUT2D eigenvalue weighted by Crippen LogP contribution is -2.33. The van der Waals surface area contributed by atoms with Crippen LogP contribution in [-0.4, -0.2) is 31.8 Å². The summed E-state index contributed by atoms with van der Waals surface area (Å²) < 4.78 is 3.64. The number of rotatable bonds is 5. The fourth-order valence-electron chi connectivity index (χ4n) is 3.38. The third-order valence-electron chi connectivity index (χ3n) is 4.79. The summed E-state index contributed by atoms with van der Waals surface area (Å²) in [5.74, 6) is 0.391. The van der Waals surface area contributed by atoms with E-state index >= 15 is 0 Å². The molecule has 2 aromatic heterocycles. The molecular formula is C22H21N5O2. The number of fused-ring (bicyclic) bond motifs is 1. The van der Waals surface area contributed by atoms with Gasteiger partial charge in [-0.05, 0) is 38.1 Å². The molecular weight excluding hydrogens is 366 g/mol. The van der Waals surface area contributed by atoms with Crippen LogP contribution in [0.25, 0.3) is 16.7 Å². The number of amides is 1. The average Bonchev–Trinajstić information content (AvgIpc) is 3.04. The van der Waals surface area contributed by atoms with Crippen molar-refractivity contribution in [2.45, 2.75) is 20.4 Å². The zero-order valence-corrected chi connectivity index (χ0v) is 16.3. The first-order valence-electron chi connectivity index (χ1n) is 9.41. The van der Waals surface area contributed by atoms with Gasteiger partial charge in [0.2, 0.25) is 5.43 Å². The SMILES string of the molecule is Cc1cc(=O)c(C(=O)NCCn2c(C)nc3ccccc32)nn1-c1ccccc1. The largest absolute Gasteiger partial charge is 0.349 e. The quantitative estimate of drug-likeness (QED) is 0.571. The Hall–Kier alpha value is -3.74. The molecule has 0 fully saturated rings. The molecule has 2 heterocycles. The number of hydrogen-bond acceptors (Lipinski definition) is 4. The molecule has 0 saturated carbocycles. The lowest BCUT2D eigenvalue weighted by Gasteiger charge is -2.12. The zero-order chi connectivity index (χ0) is 20.4. The van der Waals surface area contributed by atoms with Gasteiger partial charge in [-0.25, -0.2) is 9.67 Å². The number of aromatic nitrogens is 4. The highest BCUT2D eigenvalue weighted by Crippen LogP contribution is 2.14. The number of imidazole rings is 1. The van der Waals surface area contributed by atoms with Crippen LogP contribution in [0.4, 0.5) is 0 Å². The standard InChI is InChI=1S/C22H21N5O2/c1-15-14-20(28)21(25-27(15)17-8-4-3-5-9-17)22(29)23-12-13-26-16(2)24-18-10-6-7-11-19(18)26/h3-11,14H,12-13H2,1-2H3,(H,23,29). The molecule has 0 bridgehead atoms. The summed E-state index contributed by atoms with van der Waals surface area (Å²) in [4.78, 5) is 29.5. The van der Waals surface area contributed by atoms with Crippen LogP contribution < -0.4 is 10.7 Å². The molecule has 1 amide bonds. The molecule has 146 valence electrons. The second-order valence-electron chi connectivity index (χ2n) is 6.80. The number of nitrogens with zero attached hydrogens (tertiary/aromatic N) is 4. The highest BCUT2D eigenvalue weighted by atomic mass is 16.2. The van der Waals surface area contributed by atoms with Crippen molar-refractivity contribution < 1.29 is 4.79 Å². The molecule has 1 N–H and O–H groups in total. The smallest absolute Gasteiger partial charge is 0.275 e. The zero-order valence-electron chi connectivity index (χ0n) is 16.3. The number of carbonyl (C=O) groups is 1. The predicted octanol–water partition coefficient (Wildman–Crippen LogP) is 2.63. The molecule has 7 nitrogen and oxygen atoms in total. The van der Waals surface area contributed by atoms with Gasteiger partial charge in [0.05, 0.1) is 16.7 Å². The van der Waals surface area contributed by atoms with Gasteiger partial charge < -0.3 is 9.88 Å². The first kappa shape index (κ1) is 18.6. The molecule has 0 aliphatic rings. The molecule has 7 heteroatoms. The minimum absolute atomic E-state index is 0.119. The lowest BCUT2D eigenvalue weighted by atomic mass is 10.2. The molecule has 0 radical (unpaired) electrons. The predicted molar refractivity (Wildman–Crippen MR) is 111 cm³/mol. The van der Waals surface area contributed by atoms with Gasteiger partial charge in [-0.15, -0.1) is 0 Å². The first-order valence-corrected chi connectivity index (χ1v) is 9.41. The highest BCUT2D eigenvalue weighted by Gasteiger charge is 2.15. The Kier molecular flexibility index (Phi) is 4.95. The molecule has 29 heavy (non-hydrogen) atoms. The lowest BCUT2D eigenvalue weighted by molar-refractivity contribution is 0.0944. The van der Waals surface area contributed by atoms with E-state index < -0.39 is 11.3 Å². The second-order valence-corrected chi connectivity index (χ2v) is 6.80. The van der Waals surface area contributed by atoms with E-state index in [4.69, 9.17) is 0 Å². The number of hydrogen-bond donors (Lipinski definition) is 1. The maximum absolute atomic E-state index is 12.6. The van der Waals surface area contributed by atoms with Crippen molar-refractivity contribution in [1.29, 1.82) is 0 Å². The number of benzene rings is 2. The Labute approximate surface area is 167 Å².